The van der Waals surface area contributed by atoms with E-state index in [9.17, 15) is 19.8 Å². The van der Waals surface area contributed by atoms with Crippen LogP contribution in [0.4, 0.5) is 0 Å². The van der Waals surface area contributed by atoms with Gasteiger partial charge in [-0.3, -0.25) is 9.59 Å². The molecule has 0 rings (SSSR count). The molecule has 0 radical (unpaired) electrons. The third-order valence-electron chi connectivity index (χ3n) is 14.0. The van der Waals surface area contributed by atoms with Crippen LogP contribution in [0.1, 0.15) is 328 Å². The molecule has 0 aliphatic rings. The van der Waals surface area contributed by atoms with Crippen LogP contribution in [0.5, 0.6) is 0 Å². The lowest BCUT2D eigenvalue weighted by atomic mass is 10.0. The minimum Gasteiger partial charge on any atom is -0.466 e. The Morgan fingerprint density at radius 2 is 0.701 bits per heavy atom. The fourth-order valence-corrected chi connectivity index (χ4v) is 9.34. The van der Waals surface area contributed by atoms with Gasteiger partial charge in [0.05, 0.1) is 25.4 Å². The summed E-state index contributed by atoms with van der Waals surface area (Å²) in [6.45, 7) is 4.90. The highest BCUT2D eigenvalue weighted by Crippen LogP contribution is 2.17. The average Bonchev–Trinajstić information content (AvgIpc) is 3.33. The first-order valence-corrected chi connectivity index (χ1v) is 30.1. The molecule has 0 aromatic heterocycles. The predicted molar refractivity (Wildman–Crippen MR) is 292 cm³/mol. The molecular weight excluding hydrogens is 827 g/mol. The summed E-state index contributed by atoms with van der Waals surface area (Å²) in [5.41, 5.74) is 0. The summed E-state index contributed by atoms with van der Waals surface area (Å²) in [4.78, 5) is 24.5. The van der Waals surface area contributed by atoms with Gasteiger partial charge in [-0.1, -0.05) is 282 Å². The Bertz CT molecular complexity index is 1040. The van der Waals surface area contributed by atoms with Gasteiger partial charge in [0.2, 0.25) is 5.91 Å². The number of amides is 1. The zero-order valence-corrected chi connectivity index (χ0v) is 45.1. The van der Waals surface area contributed by atoms with Crippen molar-refractivity contribution in [3.63, 3.8) is 0 Å². The van der Waals surface area contributed by atoms with Crippen molar-refractivity contribution in [1.82, 2.24) is 5.32 Å². The summed E-state index contributed by atoms with van der Waals surface area (Å²) in [6.07, 6.45) is 69.2. The van der Waals surface area contributed by atoms with Crippen molar-refractivity contribution >= 4 is 11.9 Å². The van der Waals surface area contributed by atoms with Crippen LogP contribution >= 0.6 is 0 Å². The summed E-state index contributed by atoms with van der Waals surface area (Å²) in [7, 11) is 0. The maximum Gasteiger partial charge on any atom is 0.305 e. The molecule has 0 saturated carbocycles. The number of aliphatic hydroxyl groups is 2. The number of nitrogens with one attached hydrogen (secondary N) is 1. The predicted octanol–water partition coefficient (Wildman–Crippen LogP) is 18.6. The molecule has 0 saturated heterocycles. The second-order valence-corrected chi connectivity index (χ2v) is 20.7. The van der Waals surface area contributed by atoms with Crippen LogP contribution in [-0.4, -0.2) is 47.4 Å². The Morgan fingerprint density at radius 1 is 0.403 bits per heavy atom. The van der Waals surface area contributed by atoms with E-state index >= 15 is 0 Å². The summed E-state index contributed by atoms with van der Waals surface area (Å²) < 4.78 is 5.48. The molecule has 0 heterocycles. The maximum absolute atomic E-state index is 12.4. The first-order valence-electron chi connectivity index (χ1n) is 30.1. The molecule has 0 fully saturated rings. The molecule has 0 bridgehead atoms. The SMILES string of the molecule is CCCCCCCCC/C=C\CCCCCCCC(=O)OCCCCCCCCCCCCCCCCCCCCCCCC(=O)NC(CO)C(O)/C=C/CCCCCCCCCCCCC. The van der Waals surface area contributed by atoms with Gasteiger partial charge in [-0.25, -0.2) is 0 Å². The van der Waals surface area contributed by atoms with E-state index in [0.717, 1.165) is 44.9 Å². The minimum atomic E-state index is -0.844. The van der Waals surface area contributed by atoms with Crippen LogP contribution in [0.2, 0.25) is 0 Å². The van der Waals surface area contributed by atoms with Crippen molar-refractivity contribution in [2.75, 3.05) is 13.2 Å². The molecule has 6 heteroatoms. The second-order valence-electron chi connectivity index (χ2n) is 20.7. The van der Waals surface area contributed by atoms with E-state index < -0.39 is 12.1 Å². The van der Waals surface area contributed by atoms with E-state index in [2.05, 4.69) is 31.3 Å². The molecule has 6 nitrogen and oxygen atoms in total. The fourth-order valence-electron chi connectivity index (χ4n) is 9.34. The zero-order chi connectivity index (χ0) is 48.6. The first kappa shape index (κ1) is 65.3. The molecule has 0 aliphatic carbocycles. The highest BCUT2D eigenvalue weighted by Gasteiger charge is 2.18. The molecule has 0 aromatic rings. The Hall–Kier alpha value is -1.66. The van der Waals surface area contributed by atoms with Crippen molar-refractivity contribution in [2.24, 2.45) is 0 Å². The van der Waals surface area contributed by atoms with Crippen molar-refractivity contribution in [1.29, 1.82) is 0 Å². The number of hydrogen-bond acceptors (Lipinski definition) is 5. The standard InChI is InChI=1S/C61H117NO5/c1-3-5-7-9-11-13-15-17-18-27-31-35-39-43-47-51-55-61(66)67-56-52-48-44-40-36-32-28-25-23-21-19-20-22-24-26-30-34-38-42-46-50-54-60(65)62-58(57-63)59(64)53-49-45-41-37-33-29-16-14-12-10-8-6-4-2/h18,27,49,53,58-59,63-64H,3-17,19-26,28-48,50-52,54-57H2,1-2H3,(H,62,65)/b27-18-,53-49+. The highest BCUT2D eigenvalue weighted by atomic mass is 16.5. The largest absolute Gasteiger partial charge is 0.466 e. The second kappa shape index (κ2) is 56.9. The molecule has 2 unspecified atom stereocenters. The Kier molecular flexibility index (Phi) is 55.5. The summed E-state index contributed by atoms with van der Waals surface area (Å²) in [5.74, 6) is -0.0643. The van der Waals surface area contributed by atoms with Crippen molar-refractivity contribution < 1.29 is 24.5 Å². The van der Waals surface area contributed by atoms with E-state index in [1.807, 2.05) is 6.08 Å². The number of esters is 1. The summed E-state index contributed by atoms with van der Waals surface area (Å²) in [6, 6.07) is -0.627. The van der Waals surface area contributed by atoms with Gasteiger partial charge in [0.25, 0.3) is 0 Å². The Labute approximate surface area is 418 Å². The summed E-state index contributed by atoms with van der Waals surface area (Å²) >= 11 is 0. The van der Waals surface area contributed by atoms with Gasteiger partial charge < -0.3 is 20.3 Å². The molecule has 396 valence electrons. The van der Waals surface area contributed by atoms with Gasteiger partial charge in [0, 0.05) is 12.8 Å². The Morgan fingerprint density at radius 3 is 1.06 bits per heavy atom. The number of unbranched alkanes of at least 4 members (excludes halogenated alkanes) is 43. The zero-order valence-electron chi connectivity index (χ0n) is 45.1. The topological polar surface area (TPSA) is 95.9 Å². The van der Waals surface area contributed by atoms with Crippen molar-refractivity contribution in [3.8, 4) is 0 Å². The fraction of sp³-hybridized carbons (Fsp3) is 0.902. The van der Waals surface area contributed by atoms with E-state index in [-0.39, 0.29) is 18.5 Å². The molecule has 0 aliphatic heterocycles. The van der Waals surface area contributed by atoms with Crippen LogP contribution in [0.25, 0.3) is 0 Å². The van der Waals surface area contributed by atoms with Gasteiger partial charge in [0.1, 0.15) is 0 Å². The van der Waals surface area contributed by atoms with E-state index in [1.54, 1.807) is 6.08 Å². The van der Waals surface area contributed by atoms with Gasteiger partial charge in [-0.15, -0.1) is 0 Å². The normalized spacial score (nSPS) is 12.7. The third-order valence-corrected chi connectivity index (χ3v) is 14.0. The molecule has 0 aromatic carbocycles. The molecular formula is C61H117NO5. The van der Waals surface area contributed by atoms with E-state index in [1.165, 1.54) is 257 Å². The van der Waals surface area contributed by atoms with Gasteiger partial charge in [0.15, 0.2) is 0 Å². The lowest BCUT2D eigenvalue weighted by Crippen LogP contribution is -2.45. The van der Waals surface area contributed by atoms with Crippen LogP contribution in [0, 0.1) is 0 Å². The Balaban J connectivity index is 3.39. The number of carbonyl (C=O) groups is 2. The van der Waals surface area contributed by atoms with E-state index in [4.69, 9.17) is 4.74 Å². The quantitative estimate of drug-likeness (QED) is 0.0321. The van der Waals surface area contributed by atoms with E-state index in [0.29, 0.717) is 19.4 Å². The van der Waals surface area contributed by atoms with Crippen LogP contribution in [0.15, 0.2) is 24.3 Å². The number of ether oxygens (including phenoxy) is 1. The number of allylic oxidation sites excluding steroid dienone is 3. The van der Waals surface area contributed by atoms with Gasteiger partial charge in [-0.2, -0.15) is 0 Å². The lowest BCUT2D eigenvalue weighted by Gasteiger charge is -2.20. The molecule has 0 spiro atoms. The number of aliphatic hydroxyl groups excluding tert-OH is 2. The van der Waals surface area contributed by atoms with Crippen molar-refractivity contribution in [2.45, 2.75) is 341 Å². The smallest absolute Gasteiger partial charge is 0.305 e. The van der Waals surface area contributed by atoms with Gasteiger partial charge >= 0.3 is 5.97 Å². The minimum absolute atomic E-state index is 0.00417. The molecule has 3 N–H and O–H groups in total. The lowest BCUT2D eigenvalue weighted by molar-refractivity contribution is -0.143. The number of hydrogen-bond donors (Lipinski definition) is 3. The van der Waals surface area contributed by atoms with Crippen LogP contribution < -0.4 is 5.32 Å². The average molecular weight is 945 g/mol. The first-order chi connectivity index (χ1) is 33.0. The van der Waals surface area contributed by atoms with Crippen LogP contribution in [-0.2, 0) is 14.3 Å². The van der Waals surface area contributed by atoms with Crippen LogP contribution in [0.3, 0.4) is 0 Å². The highest BCUT2D eigenvalue weighted by molar-refractivity contribution is 5.76. The molecule has 67 heavy (non-hydrogen) atoms. The monoisotopic (exact) mass is 944 g/mol. The number of rotatable bonds is 56. The molecule has 1 amide bonds. The number of carbonyl (C=O) groups excluding carboxylic acids is 2. The van der Waals surface area contributed by atoms with Crippen molar-refractivity contribution in [3.05, 3.63) is 24.3 Å². The molecule has 2 atom stereocenters. The third kappa shape index (κ3) is 53.5. The maximum atomic E-state index is 12.4. The van der Waals surface area contributed by atoms with Gasteiger partial charge in [-0.05, 0) is 57.8 Å². The summed E-state index contributed by atoms with van der Waals surface area (Å²) in [5, 5.41) is 23.1.